The Morgan fingerprint density at radius 3 is 3.17 bits per heavy atom. The van der Waals surface area contributed by atoms with Crippen molar-refractivity contribution in [3.63, 3.8) is 0 Å². The smallest absolute Gasteiger partial charge is 0.247 e. The highest BCUT2D eigenvalue weighted by molar-refractivity contribution is 5.37. The van der Waals surface area contributed by atoms with Crippen molar-refractivity contribution in [3.8, 4) is 0 Å². The van der Waals surface area contributed by atoms with Gasteiger partial charge in [-0.15, -0.1) is 0 Å². The highest BCUT2D eigenvalue weighted by Gasteiger charge is 2.01. The number of aromatic nitrogens is 3. The Morgan fingerprint density at radius 1 is 1.58 bits per heavy atom. The second-order valence-electron chi connectivity index (χ2n) is 2.59. The summed E-state index contributed by atoms with van der Waals surface area (Å²) in [7, 11) is 0. The van der Waals surface area contributed by atoms with E-state index in [-0.39, 0.29) is 5.69 Å². The van der Waals surface area contributed by atoms with Gasteiger partial charge in [0.2, 0.25) is 0 Å². The van der Waals surface area contributed by atoms with Crippen LogP contribution in [0.1, 0.15) is 12.6 Å². The van der Waals surface area contributed by atoms with Gasteiger partial charge >= 0.3 is 5.69 Å². The van der Waals surface area contributed by atoms with E-state index in [9.17, 15) is 4.79 Å². The summed E-state index contributed by atoms with van der Waals surface area (Å²) in [5, 5.41) is 6.26. The lowest BCUT2D eigenvalue weighted by Gasteiger charge is -1.97. The molecule has 0 amide bonds. The predicted molar refractivity (Wildman–Crippen MR) is 45.2 cm³/mol. The van der Waals surface area contributed by atoms with Crippen LogP contribution in [0.25, 0.3) is 5.65 Å². The first-order chi connectivity index (χ1) is 5.83. The molecule has 4 heteroatoms. The molecule has 0 saturated carbocycles. The van der Waals surface area contributed by atoms with Crippen LogP contribution in [0.4, 0.5) is 0 Å². The molecular formula is C8H9N3O. The lowest BCUT2D eigenvalue weighted by molar-refractivity contribution is 0.932. The van der Waals surface area contributed by atoms with E-state index in [0.29, 0.717) is 5.65 Å². The zero-order valence-corrected chi connectivity index (χ0v) is 6.74. The van der Waals surface area contributed by atoms with Crippen LogP contribution in [0, 0.1) is 0 Å². The average Bonchev–Trinajstić information content (AvgIpc) is 2.48. The zero-order chi connectivity index (χ0) is 8.55. The van der Waals surface area contributed by atoms with Crippen molar-refractivity contribution < 1.29 is 0 Å². The van der Waals surface area contributed by atoms with Crippen LogP contribution < -0.4 is 5.69 Å². The first kappa shape index (κ1) is 7.09. The molecular weight excluding hydrogens is 154 g/mol. The Kier molecular flexibility index (Phi) is 1.46. The Bertz CT molecular complexity index is 455. The highest BCUT2D eigenvalue weighted by atomic mass is 16.1. The summed E-state index contributed by atoms with van der Waals surface area (Å²) in [6.07, 6.45) is 0.830. The standard InChI is InChI=1S/C8H9N3O/c1-2-6-4-3-5-7-9-10-8(12)11(6)7/h3-5H,2H2,1H3,(H,10,12). The summed E-state index contributed by atoms with van der Waals surface area (Å²) in [5.74, 6) is 0. The van der Waals surface area contributed by atoms with Gasteiger partial charge in [-0.1, -0.05) is 13.0 Å². The third kappa shape index (κ3) is 0.845. The second kappa shape index (κ2) is 2.48. The normalized spacial score (nSPS) is 10.8. The molecule has 0 bridgehead atoms. The van der Waals surface area contributed by atoms with Gasteiger partial charge in [0.25, 0.3) is 0 Å². The molecule has 62 valence electrons. The molecule has 12 heavy (non-hydrogen) atoms. The van der Waals surface area contributed by atoms with Crippen molar-refractivity contribution in [2.45, 2.75) is 13.3 Å². The SMILES string of the molecule is CCc1cccc2n[nH]c(=O)n12. The van der Waals surface area contributed by atoms with E-state index in [4.69, 9.17) is 0 Å². The van der Waals surface area contributed by atoms with Gasteiger partial charge in [0.05, 0.1) is 0 Å². The van der Waals surface area contributed by atoms with Gasteiger partial charge < -0.3 is 0 Å². The Labute approximate surface area is 68.8 Å². The summed E-state index contributed by atoms with van der Waals surface area (Å²) >= 11 is 0. The van der Waals surface area contributed by atoms with Gasteiger partial charge in [-0.3, -0.25) is 0 Å². The Balaban J connectivity index is 2.93. The number of hydrogen-bond donors (Lipinski definition) is 1. The van der Waals surface area contributed by atoms with E-state index in [2.05, 4.69) is 10.2 Å². The first-order valence-corrected chi connectivity index (χ1v) is 3.88. The maximum absolute atomic E-state index is 11.2. The van der Waals surface area contributed by atoms with Crippen molar-refractivity contribution in [1.82, 2.24) is 14.6 Å². The second-order valence-corrected chi connectivity index (χ2v) is 2.59. The van der Waals surface area contributed by atoms with Gasteiger partial charge in [0, 0.05) is 5.69 Å². The summed E-state index contributed by atoms with van der Waals surface area (Å²) < 4.78 is 1.58. The third-order valence-corrected chi connectivity index (χ3v) is 1.88. The van der Waals surface area contributed by atoms with Crippen molar-refractivity contribution in [2.75, 3.05) is 0 Å². The average molecular weight is 163 g/mol. The molecule has 0 aromatic carbocycles. The topological polar surface area (TPSA) is 50.2 Å². The van der Waals surface area contributed by atoms with Gasteiger partial charge in [-0.25, -0.2) is 14.3 Å². The summed E-state index contributed by atoms with van der Waals surface area (Å²) in [5.41, 5.74) is 1.49. The Morgan fingerprint density at radius 2 is 2.42 bits per heavy atom. The minimum absolute atomic E-state index is 0.164. The molecule has 0 fully saturated rings. The zero-order valence-electron chi connectivity index (χ0n) is 6.74. The summed E-state index contributed by atoms with van der Waals surface area (Å²) in [6.45, 7) is 2.01. The van der Waals surface area contributed by atoms with E-state index >= 15 is 0 Å². The highest BCUT2D eigenvalue weighted by Crippen LogP contribution is 2.01. The molecule has 0 aliphatic rings. The first-order valence-electron chi connectivity index (χ1n) is 3.88. The molecule has 0 aliphatic carbocycles. The predicted octanol–water partition coefficient (Wildman–Crippen LogP) is 0.585. The molecule has 0 saturated heterocycles. The van der Waals surface area contributed by atoms with E-state index in [0.717, 1.165) is 12.1 Å². The van der Waals surface area contributed by atoms with Crippen molar-refractivity contribution in [3.05, 3.63) is 34.4 Å². The number of nitrogens with zero attached hydrogens (tertiary/aromatic N) is 2. The van der Waals surface area contributed by atoms with Crippen LogP contribution in [0.2, 0.25) is 0 Å². The number of aryl methyl sites for hydroxylation is 1. The van der Waals surface area contributed by atoms with Crippen LogP contribution in [-0.4, -0.2) is 14.6 Å². The molecule has 0 atom stereocenters. The van der Waals surface area contributed by atoms with Gasteiger partial charge in [-0.2, -0.15) is 5.10 Å². The number of fused-ring (bicyclic) bond motifs is 1. The van der Waals surface area contributed by atoms with Gasteiger partial charge in [-0.05, 0) is 18.6 Å². The fourth-order valence-electron chi connectivity index (χ4n) is 1.29. The lowest BCUT2D eigenvalue weighted by Crippen LogP contribution is -2.12. The quantitative estimate of drug-likeness (QED) is 0.668. The van der Waals surface area contributed by atoms with Crippen molar-refractivity contribution in [1.29, 1.82) is 0 Å². The Hall–Kier alpha value is -1.58. The van der Waals surface area contributed by atoms with Crippen LogP contribution in [-0.2, 0) is 6.42 Å². The molecule has 0 aliphatic heterocycles. The fourth-order valence-corrected chi connectivity index (χ4v) is 1.29. The molecule has 0 spiro atoms. The monoisotopic (exact) mass is 163 g/mol. The number of aromatic amines is 1. The van der Waals surface area contributed by atoms with Crippen LogP contribution in [0.5, 0.6) is 0 Å². The van der Waals surface area contributed by atoms with Gasteiger partial charge in [0.15, 0.2) is 5.65 Å². The summed E-state index contributed by atoms with van der Waals surface area (Å²) in [6, 6.07) is 5.62. The third-order valence-electron chi connectivity index (χ3n) is 1.88. The largest absolute Gasteiger partial charge is 0.347 e. The maximum Gasteiger partial charge on any atom is 0.347 e. The minimum Gasteiger partial charge on any atom is -0.247 e. The number of hydrogen-bond acceptors (Lipinski definition) is 2. The van der Waals surface area contributed by atoms with Crippen molar-refractivity contribution >= 4 is 5.65 Å². The molecule has 2 rings (SSSR count). The molecule has 1 N–H and O–H groups in total. The molecule has 0 radical (unpaired) electrons. The molecule has 2 heterocycles. The molecule has 0 unspecified atom stereocenters. The van der Waals surface area contributed by atoms with Gasteiger partial charge in [0.1, 0.15) is 0 Å². The maximum atomic E-state index is 11.2. The molecule has 2 aromatic rings. The van der Waals surface area contributed by atoms with Crippen molar-refractivity contribution in [2.24, 2.45) is 0 Å². The number of pyridine rings is 1. The number of H-pyrrole nitrogens is 1. The van der Waals surface area contributed by atoms with E-state index in [1.54, 1.807) is 10.5 Å². The minimum atomic E-state index is -0.164. The van der Waals surface area contributed by atoms with Crippen LogP contribution in [0.15, 0.2) is 23.0 Å². The van der Waals surface area contributed by atoms with E-state index in [1.807, 2.05) is 19.1 Å². The lowest BCUT2D eigenvalue weighted by atomic mass is 10.3. The number of rotatable bonds is 1. The molecule has 4 nitrogen and oxygen atoms in total. The van der Waals surface area contributed by atoms with Crippen LogP contribution >= 0.6 is 0 Å². The number of nitrogens with one attached hydrogen (secondary N) is 1. The molecule has 2 aromatic heterocycles. The fraction of sp³-hybridized carbons (Fsp3) is 0.250. The van der Waals surface area contributed by atoms with Crippen LogP contribution in [0.3, 0.4) is 0 Å². The van der Waals surface area contributed by atoms with E-state index in [1.165, 1.54) is 0 Å². The summed E-state index contributed by atoms with van der Waals surface area (Å²) in [4.78, 5) is 11.2. The van der Waals surface area contributed by atoms with E-state index < -0.39 is 0 Å².